The summed E-state index contributed by atoms with van der Waals surface area (Å²) in [5.74, 6) is 1.21. The molecule has 1 aromatic heterocycles. The van der Waals surface area contributed by atoms with Crippen LogP contribution < -0.4 is 21.8 Å². The Morgan fingerprint density at radius 2 is 1.67 bits per heavy atom. The largest absolute Gasteiger partial charge is 0.497 e. The molecule has 6 nitrogen and oxygen atoms in total. The van der Waals surface area contributed by atoms with Gasteiger partial charge in [-0.05, 0) is 54.6 Å². The molecule has 0 amide bonds. The van der Waals surface area contributed by atoms with Crippen LogP contribution in [0.3, 0.4) is 0 Å². The molecule has 6 heteroatoms. The second kappa shape index (κ2) is 6.49. The smallest absolute Gasteiger partial charge is 0.266 e. The van der Waals surface area contributed by atoms with Gasteiger partial charge in [-0.3, -0.25) is 9.36 Å². The maximum Gasteiger partial charge on any atom is 0.266 e. The first kappa shape index (κ1) is 16.7. The number of fused-ring (bicyclic) bond motifs is 1. The normalized spacial score (nSPS) is 10.9. The molecule has 134 valence electrons. The van der Waals surface area contributed by atoms with Crippen molar-refractivity contribution in [3.05, 3.63) is 77.1 Å². The molecule has 0 saturated heterocycles. The average molecular weight is 358 g/mol. The molecule has 27 heavy (non-hydrogen) atoms. The van der Waals surface area contributed by atoms with E-state index < -0.39 is 0 Å². The summed E-state index contributed by atoms with van der Waals surface area (Å²) in [4.78, 5) is 18.0. The van der Waals surface area contributed by atoms with E-state index in [1.54, 1.807) is 54.1 Å². The second-order valence-corrected chi connectivity index (χ2v) is 6.18. The van der Waals surface area contributed by atoms with Crippen molar-refractivity contribution >= 4 is 22.3 Å². The molecule has 3 aromatic carbocycles. The molecule has 4 rings (SSSR count). The van der Waals surface area contributed by atoms with Crippen molar-refractivity contribution in [3.63, 3.8) is 0 Å². The Balaban J connectivity index is 2.08. The van der Waals surface area contributed by atoms with E-state index in [0.717, 1.165) is 5.56 Å². The first-order valence-corrected chi connectivity index (χ1v) is 8.39. The predicted molar refractivity (Wildman–Crippen MR) is 108 cm³/mol. The van der Waals surface area contributed by atoms with Gasteiger partial charge in [-0.15, -0.1) is 0 Å². The molecule has 0 aliphatic rings. The first-order chi connectivity index (χ1) is 13.1. The summed E-state index contributed by atoms with van der Waals surface area (Å²) < 4.78 is 6.78. The molecule has 0 unspecified atom stereocenters. The zero-order valence-corrected chi connectivity index (χ0v) is 14.7. The van der Waals surface area contributed by atoms with E-state index in [9.17, 15) is 4.79 Å². The lowest BCUT2D eigenvalue weighted by Gasteiger charge is -2.15. The van der Waals surface area contributed by atoms with Crippen LogP contribution in [0.2, 0.25) is 0 Å². The molecule has 1 heterocycles. The highest BCUT2D eigenvalue weighted by molar-refractivity contribution is 5.83. The van der Waals surface area contributed by atoms with Gasteiger partial charge < -0.3 is 16.2 Å². The lowest BCUT2D eigenvalue weighted by Crippen LogP contribution is -2.22. The minimum atomic E-state index is -0.199. The van der Waals surface area contributed by atoms with Gasteiger partial charge in [0.25, 0.3) is 5.56 Å². The van der Waals surface area contributed by atoms with Gasteiger partial charge in [0, 0.05) is 16.9 Å². The zero-order chi connectivity index (χ0) is 19.0. The standard InChI is InChI=1S/C21H18N4O2/c1-27-17-8-6-16(7-9-17)25-20(13-3-2-4-14(22)11-13)24-19-10-5-15(23)12-18(19)21(25)26/h2-12H,22-23H2,1H3. The Bertz CT molecular complexity index is 1200. The molecule has 0 aliphatic heterocycles. The van der Waals surface area contributed by atoms with E-state index in [1.807, 2.05) is 24.3 Å². The van der Waals surface area contributed by atoms with Gasteiger partial charge >= 0.3 is 0 Å². The van der Waals surface area contributed by atoms with E-state index in [0.29, 0.717) is 39.5 Å². The molecule has 4 N–H and O–H groups in total. The molecule has 0 bridgehead atoms. The maximum absolute atomic E-state index is 13.3. The highest BCUT2D eigenvalue weighted by Crippen LogP contribution is 2.25. The summed E-state index contributed by atoms with van der Waals surface area (Å²) in [6.45, 7) is 0. The van der Waals surface area contributed by atoms with Crippen molar-refractivity contribution in [1.82, 2.24) is 9.55 Å². The molecule has 0 saturated carbocycles. The summed E-state index contributed by atoms with van der Waals surface area (Å²) >= 11 is 0. The van der Waals surface area contributed by atoms with Crippen LogP contribution >= 0.6 is 0 Å². The minimum absolute atomic E-state index is 0.199. The molecule has 0 spiro atoms. The maximum atomic E-state index is 13.3. The third kappa shape index (κ3) is 2.97. The molecule has 0 radical (unpaired) electrons. The van der Waals surface area contributed by atoms with E-state index >= 15 is 0 Å². The van der Waals surface area contributed by atoms with Crippen LogP contribution in [0.4, 0.5) is 11.4 Å². The Morgan fingerprint density at radius 3 is 2.37 bits per heavy atom. The Kier molecular flexibility index (Phi) is 4.01. The van der Waals surface area contributed by atoms with Crippen LogP contribution in [0, 0.1) is 0 Å². The van der Waals surface area contributed by atoms with Crippen molar-refractivity contribution in [2.45, 2.75) is 0 Å². The van der Waals surface area contributed by atoms with Crippen molar-refractivity contribution in [3.8, 4) is 22.8 Å². The number of nitrogens with two attached hydrogens (primary N) is 2. The number of nitrogens with zero attached hydrogens (tertiary/aromatic N) is 2. The van der Waals surface area contributed by atoms with E-state index in [1.165, 1.54) is 0 Å². The Hall–Kier alpha value is -3.80. The number of nitrogen functional groups attached to an aromatic ring is 2. The molecular formula is C21H18N4O2. The van der Waals surface area contributed by atoms with Gasteiger partial charge in [-0.25, -0.2) is 4.98 Å². The van der Waals surface area contributed by atoms with E-state index in [2.05, 4.69) is 0 Å². The average Bonchev–Trinajstić information content (AvgIpc) is 2.68. The monoisotopic (exact) mass is 358 g/mol. The van der Waals surface area contributed by atoms with Crippen molar-refractivity contribution in [2.24, 2.45) is 0 Å². The van der Waals surface area contributed by atoms with Gasteiger partial charge in [0.15, 0.2) is 0 Å². The fraction of sp³-hybridized carbons (Fsp3) is 0.0476. The van der Waals surface area contributed by atoms with E-state index in [-0.39, 0.29) is 5.56 Å². The fourth-order valence-electron chi connectivity index (χ4n) is 3.05. The van der Waals surface area contributed by atoms with Crippen LogP contribution in [-0.2, 0) is 0 Å². The van der Waals surface area contributed by atoms with Crippen LogP contribution in [0.15, 0.2) is 71.5 Å². The number of hydrogen-bond acceptors (Lipinski definition) is 5. The molecule has 0 fully saturated rings. The van der Waals surface area contributed by atoms with Gasteiger partial charge in [0.05, 0.1) is 23.7 Å². The number of methoxy groups -OCH3 is 1. The summed E-state index contributed by atoms with van der Waals surface area (Å²) in [5.41, 5.74) is 14.7. The third-order valence-electron chi connectivity index (χ3n) is 4.37. The molecule has 4 aromatic rings. The minimum Gasteiger partial charge on any atom is -0.497 e. The number of aromatic nitrogens is 2. The van der Waals surface area contributed by atoms with Crippen molar-refractivity contribution in [2.75, 3.05) is 18.6 Å². The zero-order valence-electron chi connectivity index (χ0n) is 14.7. The lowest BCUT2D eigenvalue weighted by molar-refractivity contribution is 0.414. The fourth-order valence-corrected chi connectivity index (χ4v) is 3.05. The van der Waals surface area contributed by atoms with Crippen molar-refractivity contribution in [1.29, 1.82) is 0 Å². The lowest BCUT2D eigenvalue weighted by atomic mass is 10.1. The Morgan fingerprint density at radius 1 is 0.926 bits per heavy atom. The molecule has 0 aliphatic carbocycles. The molecular weight excluding hydrogens is 340 g/mol. The van der Waals surface area contributed by atoms with Crippen LogP contribution in [0.5, 0.6) is 5.75 Å². The van der Waals surface area contributed by atoms with E-state index in [4.69, 9.17) is 21.2 Å². The Labute approximate surface area is 155 Å². The van der Waals surface area contributed by atoms with Crippen LogP contribution in [0.1, 0.15) is 0 Å². The third-order valence-corrected chi connectivity index (χ3v) is 4.37. The number of anilines is 2. The summed E-state index contributed by atoms with van der Waals surface area (Å²) in [6.07, 6.45) is 0. The summed E-state index contributed by atoms with van der Waals surface area (Å²) in [5, 5.41) is 0.457. The molecule has 0 atom stereocenters. The summed E-state index contributed by atoms with van der Waals surface area (Å²) in [6, 6.07) is 19.7. The van der Waals surface area contributed by atoms with Gasteiger partial charge in [-0.2, -0.15) is 0 Å². The highest BCUT2D eigenvalue weighted by Gasteiger charge is 2.15. The van der Waals surface area contributed by atoms with Crippen LogP contribution in [0.25, 0.3) is 28.0 Å². The van der Waals surface area contributed by atoms with Gasteiger partial charge in [-0.1, -0.05) is 12.1 Å². The predicted octanol–water partition coefficient (Wildman–Crippen LogP) is 3.23. The van der Waals surface area contributed by atoms with Crippen LogP contribution in [-0.4, -0.2) is 16.7 Å². The summed E-state index contributed by atoms with van der Waals surface area (Å²) in [7, 11) is 1.60. The number of hydrogen-bond donors (Lipinski definition) is 2. The van der Waals surface area contributed by atoms with Gasteiger partial charge in [0.1, 0.15) is 11.6 Å². The topological polar surface area (TPSA) is 96.2 Å². The van der Waals surface area contributed by atoms with Crippen molar-refractivity contribution < 1.29 is 4.74 Å². The number of benzene rings is 3. The SMILES string of the molecule is COc1ccc(-n2c(-c3cccc(N)c3)nc3ccc(N)cc3c2=O)cc1. The number of ether oxygens (including phenoxy) is 1. The van der Waals surface area contributed by atoms with Gasteiger partial charge in [0.2, 0.25) is 0 Å². The quantitative estimate of drug-likeness (QED) is 0.548. The number of rotatable bonds is 3. The first-order valence-electron chi connectivity index (χ1n) is 8.39. The second-order valence-electron chi connectivity index (χ2n) is 6.18. The highest BCUT2D eigenvalue weighted by atomic mass is 16.5.